The van der Waals surface area contributed by atoms with Gasteiger partial charge in [-0.25, -0.2) is 0 Å². The van der Waals surface area contributed by atoms with Gasteiger partial charge in [-0.15, -0.1) is 11.8 Å². The summed E-state index contributed by atoms with van der Waals surface area (Å²) in [7, 11) is 0. The van der Waals surface area contributed by atoms with E-state index in [4.69, 9.17) is 11.6 Å². The quantitative estimate of drug-likeness (QED) is 0.364. The molecule has 1 aliphatic heterocycles. The highest BCUT2D eigenvalue weighted by Gasteiger charge is 2.44. The lowest BCUT2D eigenvalue weighted by Crippen LogP contribution is -2.53. The number of amides is 2. The molecule has 4 nitrogen and oxygen atoms in total. The average Bonchev–Trinajstić information content (AvgIpc) is 2.91. The smallest absolute Gasteiger partial charge is 0.260 e. The van der Waals surface area contributed by atoms with Crippen molar-refractivity contribution in [1.82, 2.24) is 10.2 Å². The van der Waals surface area contributed by atoms with Crippen molar-refractivity contribution in [2.75, 3.05) is 0 Å². The van der Waals surface area contributed by atoms with Gasteiger partial charge in [0, 0.05) is 35.3 Å². The van der Waals surface area contributed by atoms with Gasteiger partial charge in [0.25, 0.3) is 5.91 Å². The lowest BCUT2D eigenvalue weighted by atomic mass is 9.83. The van der Waals surface area contributed by atoms with Crippen LogP contribution in [0.4, 0.5) is 0 Å². The Labute approximate surface area is 228 Å². The molecule has 190 valence electrons. The molecule has 0 bridgehead atoms. The number of thioether (sulfide) groups is 1. The Balaban J connectivity index is 1.36. The first-order valence-corrected chi connectivity index (χ1v) is 14.0. The van der Waals surface area contributed by atoms with E-state index < -0.39 is 0 Å². The number of hydrogen-bond donors (Lipinski definition) is 1. The van der Waals surface area contributed by atoms with E-state index in [-0.39, 0.29) is 29.0 Å². The summed E-state index contributed by atoms with van der Waals surface area (Å²) in [5.41, 5.74) is 4.23. The molecule has 2 aliphatic rings. The van der Waals surface area contributed by atoms with Gasteiger partial charge in [0.05, 0.1) is 4.91 Å². The van der Waals surface area contributed by atoms with E-state index in [9.17, 15) is 9.59 Å². The highest BCUT2D eigenvalue weighted by Crippen LogP contribution is 2.44. The molecular formula is C31H31ClN2O2S. The zero-order valence-corrected chi connectivity index (χ0v) is 22.5. The minimum atomic E-state index is -0.128. The number of carbonyl (C=O) groups is 2. The summed E-state index contributed by atoms with van der Waals surface area (Å²) in [6.07, 6.45) is 4.38. The Morgan fingerprint density at radius 1 is 1.05 bits per heavy atom. The van der Waals surface area contributed by atoms with Crippen molar-refractivity contribution in [2.45, 2.75) is 50.6 Å². The number of hydrogen-bond acceptors (Lipinski definition) is 3. The number of fused-ring (bicyclic) bond motifs is 1. The Morgan fingerprint density at radius 3 is 2.62 bits per heavy atom. The van der Waals surface area contributed by atoms with Gasteiger partial charge >= 0.3 is 0 Å². The van der Waals surface area contributed by atoms with Crippen molar-refractivity contribution in [1.29, 1.82) is 0 Å². The summed E-state index contributed by atoms with van der Waals surface area (Å²) < 4.78 is 0. The Morgan fingerprint density at radius 2 is 1.84 bits per heavy atom. The van der Waals surface area contributed by atoms with Gasteiger partial charge in [0.2, 0.25) is 5.91 Å². The topological polar surface area (TPSA) is 49.4 Å². The van der Waals surface area contributed by atoms with Crippen LogP contribution in [0, 0.1) is 12.8 Å². The van der Waals surface area contributed by atoms with Crippen LogP contribution < -0.4 is 5.32 Å². The molecule has 5 rings (SSSR count). The predicted molar refractivity (Wildman–Crippen MR) is 152 cm³/mol. The van der Waals surface area contributed by atoms with E-state index in [1.807, 2.05) is 71.6 Å². The maximum Gasteiger partial charge on any atom is 0.260 e. The maximum absolute atomic E-state index is 13.8. The molecule has 0 aromatic heterocycles. The molecule has 6 heteroatoms. The van der Waals surface area contributed by atoms with Crippen molar-refractivity contribution in [3.05, 3.63) is 111 Å². The largest absolute Gasteiger partial charge is 0.352 e. The van der Waals surface area contributed by atoms with E-state index in [0.29, 0.717) is 24.5 Å². The maximum atomic E-state index is 13.8. The Hall–Kier alpha value is -3.02. The molecule has 3 atom stereocenters. The van der Waals surface area contributed by atoms with Crippen LogP contribution in [0.5, 0.6) is 0 Å². The molecule has 1 heterocycles. The molecule has 0 spiro atoms. The first kappa shape index (κ1) is 25.6. The molecule has 0 radical (unpaired) electrons. The average molecular weight is 531 g/mol. The van der Waals surface area contributed by atoms with Crippen molar-refractivity contribution in [2.24, 2.45) is 5.92 Å². The molecule has 3 unspecified atom stereocenters. The molecule has 2 amide bonds. The van der Waals surface area contributed by atoms with Crippen LogP contribution in [0.1, 0.15) is 41.5 Å². The van der Waals surface area contributed by atoms with Crippen molar-refractivity contribution < 1.29 is 9.59 Å². The summed E-state index contributed by atoms with van der Waals surface area (Å²) in [6, 6.07) is 25.9. The third-order valence-corrected chi connectivity index (χ3v) is 8.99. The Kier molecular flexibility index (Phi) is 8.02. The lowest BCUT2D eigenvalue weighted by molar-refractivity contribution is -0.133. The second kappa shape index (κ2) is 11.6. The molecule has 1 saturated heterocycles. The van der Waals surface area contributed by atoms with Gasteiger partial charge < -0.3 is 10.2 Å². The second-order valence-corrected chi connectivity index (χ2v) is 11.6. The fourth-order valence-corrected chi connectivity index (χ4v) is 6.91. The lowest BCUT2D eigenvalue weighted by Gasteiger charge is -2.46. The molecular weight excluding hydrogens is 500 g/mol. The number of carbonyl (C=O) groups excluding carboxylic acids is 2. The van der Waals surface area contributed by atoms with Crippen molar-refractivity contribution in [3.63, 3.8) is 0 Å². The molecule has 2 fully saturated rings. The minimum Gasteiger partial charge on any atom is -0.352 e. The monoisotopic (exact) mass is 530 g/mol. The van der Waals surface area contributed by atoms with E-state index in [1.165, 1.54) is 5.56 Å². The van der Waals surface area contributed by atoms with Gasteiger partial charge in [-0.05, 0) is 55.0 Å². The number of aryl methyl sites for hydroxylation is 1. The van der Waals surface area contributed by atoms with Gasteiger partial charge in [-0.2, -0.15) is 0 Å². The zero-order chi connectivity index (χ0) is 25.8. The number of halogens is 1. The third kappa shape index (κ3) is 6.11. The molecule has 3 aromatic carbocycles. The summed E-state index contributed by atoms with van der Waals surface area (Å²) >= 11 is 7.96. The van der Waals surface area contributed by atoms with Gasteiger partial charge in [0.15, 0.2) is 0 Å². The predicted octanol–water partition coefficient (Wildman–Crippen LogP) is 6.62. The van der Waals surface area contributed by atoms with Crippen LogP contribution in [0.3, 0.4) is 0 Å². The molecule has 1 N–H and O–H groups in total. The SMILES string of the molecule is Cc1cccc(CN2C(=O)/C(=C/c3ccccc3)SC3CCC(C(=O)NCc4ccccc4Cl)CC32)c1. The van der Waals surface area contributed by atoms with Crippen LogP contribution in [-0.4, -0.2) is 28.0 Å². The first-order valence-electron chi connectivity index (χ1n) is 12.8. The summed E-state index contributed by atoms with van der Waals surface area (Å²) in [5.74, 6) is -0.0394. The van der Waals surface area contributed by atoms with E-state index in [2.05, 4.69) is 30.4 Å². The van der Waals surface area contributed by atoms with Crippen LogP contribution in [0.15, 0.2) is 83.8 Å². The normalized spacial score (nSPS) is 22.5. The fourth-order valence-electron chi connectivity index (χ4n) is 5.29. The number of benzene rings is 3. The fraction of sp³-hybridized carbons (Fsp3) is 0.290. The minimum absolute atomic E-state index is 0.00995. The summed E-state index contributed by atoms with van der Waals surface area (Å²) in [6.45, 7) is 3.02. The zero-order valence-electron chi connectivity index (χ0n) is 20.9. The van der Waals surface area contributed by atoms with E-state index in [0.717, 1.165) is 34.4 Å². The number of nitrogens with one attached hydrogen (secondary N) is 1. The van der Waals surface area contributed by atoms with Crippen molar-refractivity contribution >= 4 is 41.3 Å². The van der Waals surface area contributed by atoms with Crippen LogP contribution in [0.25, 0.3) is 6.08 Å². The van der Waals surface area contributed by atoms with Crippen LogP contribution in [-0.2, 0) is 22.7 Å². The Bertz CT molecular complexity index is 1310. The highest BCUT2D eigenvalue weighted by molar-refractivity contribution is 8.04. The van der Waals surface area contributed by atoms with Gasteiger partial charge in [-0.1, -0.05) is 90.0 Å². The van der Waals surface area contributed by atoms with Gasteiger partial charge in [-0.3, -0.25) is 9.59 Å². The van der Waals surface area contributed by atoms with Crippen molar-refractivity contribution in [3.8, 4) is 0 Å². The van der Waals surface area contributed by atoms with E-state index in [1.54, 1.807) is 11.8 Å². The van der Waals surface area contributed by atoms with Gasteiger partial charge in [0.1, 0.15) is 0 Å². The van der Waals surface area contributed by atoms with Crippen LogP contribution in [0.2, 0.25) is 5.02 Å². The van der Waals surface area contributed by atoms with E-state index >= 15 is 0 Å². The van der Waals surface area contributed by atoms with Crippen LogP contribution >= 0.6 is 23.4 Å². The molecule has 3 aromatic rings. The summed E-state index contributed by atoms with van der Waals surface area (Å²) in [5, 5.41) is 4.01. The molecule has 1 aliphatic carbocycles. The standard InChI is InChI=1S/C31H31ClN2O2S/c1-21-8-7-11-23(16-21)20-34-27-18-24(30(35)33-19-25-12-5-6-13-26(25)32)14-15-28(27)37-29(31(34)36)17-22-9-3-2-4-10-22/h2-13,16-17,24,27-28H,14-15,18-20H2,1H3,(H,33,35)/b29-17-. The third-order valence-electron chi connectivity index (χ3n) is 7.22. The second-order valence-electron chi connectivity index (χ2n) is 9.88. The number of rotatable bonds is 6. The molecule has 1 saturated carbocycles. The number of nitrogens with zero attached hydrogens (tertiary/aromatic N) is 1. The first-order chi connectivity index (χ1) is 18.0. The highest BCUT2D eigenvalue weighted by atomic mass is 35.5. The summed E-state index contributed by atoms with van der Waals surface area (Å²) in [4.78, 5) is 29.8. The molecule has 37 heavy (non-hydrogen) atoms.